The van der Waals surface area contributed by atoms with Gasteiger partial charge in [-0.25, -0.2) is 4.39 Å². The highest BCUT2D eigenvalue weighted by Crippen LogP contribution is 2.27. The number of anilines is 2. The van der Waals surface area contributed by atoms with Crippen LogP contribution >= 0.6 is 0 Å². The van der Waals surface area contributed by atoms with Crippen LogP contribution in [0, 0.1) is 15.9 Å². The van der Waals surface area contributed by atoms with Gasteiger partial charge in [0.15, 0.2) is 0 Å². The summed E-state index contributed by atoms with van der Waals surface area (Å²) >= 11 is 0. The molecule has 0 aliphatic carbocycles. The van der Waals surface area contributed by atoms with Gasteiger partial charge in [0.05, 0.1) is 22.0 Å². The zero-order valence-electron chi connectivity index (χ0n) is 18.7. The van der Waals surface area contributed by atoms with Crippen LogP contribution < -0.4 is 11.1 Å². The first-order valence-corrected chi connectivity index (χ1v) is 11.0. The molecule has 1 heterocycles. The molecule has 0 saturated heterocycles. The summed E-state index contributed by atoms with van der Waals surface area (Å²) < 4.78 is 14.8. The lowest BCUT2D eigenvalue weighted by atomic mass is 10.0. The lowest BCUT2D eigenvalue weighted by molar-refractivity contribution is -0.385. The van der Waals surface area contributed by atoms with Crippen molar-refractivity contribution in [3.8, 4) is 11.1 Å². The maximum Gasteiger partial charge on any atom is 0.272 e. The molecule has 3 N–H and O–H groups in total. The van der Waals surface area contributed by atoms with Gasteiger partial charge >= 0.3 is 0 Å². The molecular formula is C25H23FN6O3. The molecule has 0 aliphatic rings. The minimum Gasteiger partial charge on any atom is -0.397 e. The SMILES string of the molecule is Nc1ccc(-c2ccc(F)cc2)cc1NC(=O)CCc1cn(CCc2ccccc2[N+](=O)[O-])nn1. The molecule has 0 unspecified atom stereocenters. The van der Waals surface area contributed by atoms with Gasteiger partial charge in [0, 0.05) is 37.2 Å². The fourth-order valence-corrected chi connectivity index (χ4v) is 3.64. The van der Waals surface area contributed by atoms with E-state index in [1.807, 2.05) is 0 Å². The molecule has 4 rings (SSSR count). The summed E-state index contributed by atoms with van der Waals surface area (Å²) in [4.78, 5) is 23.3. The molecule has 3 aromatic carbocycles. The van der Waals surface area contributed by atoms with Crippen LogP contribution in [0.25, 0.3) is 11.1 Å². The fraction of sp³-hybridized carbons (Fsp3) is 0.160. The second-order valence-corrected chi connectivity index (χ2v) is 7.97. The zero-order valence-corrected chi connectivity index (χ0v) is 18.7. The van der Waals surface area contributed by atoms with Crippen molar-refractivity contribution in [2.24, 2.45) is 0 Å². The Morgan fingerprint density at radius 2 is 1.80 bits per heavy atom. The van der Waals surface area contributed by atoms with E-state index in [0.29, 0.717) is 42.0 Å². The third kappa shape index (κ3) is 6.05. The number of benzene rings is 3. The number of para-hydroxylation sites is 1. The predicted octanol–water partition coefficient (Wildman–Crippen LogP) is 4.39. The number of nitrogens with two attached hydrogens (primary N) is 1. The standard InChI is InChI=1S/C25H23FN6O3/c26-20-8-5-17(6-9-20)19-7-11-22(27)23(15-19)28-25(33)12-10-21-16-31(30-29-21)14-13-18-3-1-2-4-24(18)32(34)35/h1-9,11,15-16H,10,12-14,27H2,(H,28,33). The second-order valence-electron chi connectivity index (χ2n) is 7.97. The Bertz CT molecular complexity index is 1350. The van der Waals surface area contributed by atoms with Crippen LogP contribution in [0.3, 0.4) is 0 Å². The first-order chi connectivity index (χ1) is 16.9. The van der Waals surface area contributed by atoms with Crippen molar-refractivity contribution in [3.63, 3.8) is 0 Å². The fourth-order valence-electron chi connectivity index (χ4n) is 3.64. The number of amides is 1. The van der Waals surface area contributed by atoms with Crippen molar-refractivity contribution < 1.29 is 14.1 Å². The monoisotopic (exact) mass is 474 g/mol. The van der Waals surface area contributed by atoms with Crippen LogP contribution in [0.1, 0.15) is 17.7 Å². The number of nitrogens with one attached hydrogen (secondary N) is 1. The van der Waals surface area contributed by atoms with Crippen LogP contribution in [-0.2, 0) is 24.2 Å². The molecule has 9 nitrogen and oxygen atoms in total. The molecule has 0 bridgehead atoms. The Labute approximate surface area is 200 Å². The molecule has 178 valence electrons. The number of nitro groups is 1. The Balaban J connectivity index is 1.32. The van der Waals surface area contributed by atoms with Crippen molar-refractivity contribution in [2.45, 2.75) is 25.8 Å². The minimum absolute atomic E-state index is 0.0762. The quantitative estimate of drug-likeness (QED) is 0.210. The molecule has 1 aromatic heterocycles. The van der Waals surface area contributed by atoms with E-state index in [-0.39, 0.29) is 23.8 Å². The Morgan fingerprint density at radius 1 is 1.06 bits per heavy atom. The number of hydrogen-bond acceptors (Lipinski definition) is 6. The van der Waals surface area contributed by atoms with E-state index in [0.717, 1.165) is 11.1 Å². The van der Waals surface area contributed by atoms with Crippen molar-refractivity contribution in [1.82, 2.24) is 15.0 Å². The van der Waals surface area contributed by atoms with Crippen molar-refractivity contribution in [1.29, 1.82) is 0 Å². The van der Waals surface area contributed by atoms with E-state index in [1.165, 1.54) is 18.2 Å². The number of carbonyl (C=O) groups is 1. The van der Waals surface area contributed by atoms with Crippen LogP contribution in [0.4, 0.5) is 21.5 Å². The molecular weight excluding hydrogens is 451 g/mol. The molecule has 0 spiro atoms. The summed E-state index contributed by atoms with van der Waals surface area (Å²) in [6.07, 6.45) is 2.70. The van der Waals surface area contributed by atoms with Gasteiger partial charge in [-0.15, -0.1) is 5.10 Å². The molecule has 4 aromatic rings. The average Bonchev–Trinajstić information content (AvgIpc) is 3.31. The normalized spacial score (nSPS) is 10.8. The smallest absolute Gasteiger partial charge is 0.272 e. The molecule has 0 saturated carbocycles. The van der Waals surface area contributed by atoms with Gasteiger partial charge in [-0.05, 0) is 41.8 Å². The Morgan fingerprint density at radius 3 is 2.57 bits per heavy atom. The number of hydrogen-bond donors (Lipinski definition) is 2. The molecule has 35 heavy (non-hydrogen) atoms. The number of nitrogen functional groups attached to an aromatic ring is 1. The third-order valence-electron chi connectivity index (χ3n) is 5.50. The Kier molecular flexibility index (Phi) is 7.10. The van der Waals surface area contributed by atoms with E-state index in [2.05, 4.69) is 15.6 Å². The number of aryl methyl sites for hydroxylation is 3. The number of nitro benzene ring substituents is 1. The van der Waals surface area contributed by atoms with E-state index >= 15 is 0 Å². The summed E-state index contributed by atoms with van der Waals surface area (Å²) in [5.74, 6) is -0.557. The largest absolute Gasteiger partial charge is 0.397 e. The summed E-state index contributed by atoms with van der Waals surface area (Å²) in [5, 5.41) is 22.1. The van der Waals surface area contributed by atoms with E-state index < -0.39 is 4.92 Å². The topological polar surface area (TPSA) is 129 Å². The van der Waals surface area contributed by atoms with Crippen LogP contribution in [0.2, 0.25) is 0 Å². The lowest BCUT2D eigenvalue weighted by Crippen LogP contribution is -2.13. The van der Waals surface area contributed by atoms with Gasteiger partial charge in [0.1, 0.15) is 5.82 Å². The Hall–Kier alpha value is -4.60. The summed E-state index contributed by atoms with van der Waals surface area (Å²) in [7, 11) is 0. The molecule has 0 atom stereocenters. The zero-order chi connectivity index (χ0) is 24.8. The van der Waals surface area contributed by atoms with Gasteiger partial charge in [0.25, 0.3) is 5.69 Å². The number of aromatic nitrogens is 3. The summed E-state index contributed by atoms with van der Waals surface area (Å²) in [5.41, 5.74) is 9.85. The second kappa shape index (κ2) is 10.6. The van der Waals surface area contributed by atoms with E-state index in [9.17, 15) is 19.3 Å². The first-order valence-electron chi connectivity index (χ1n) is 11.0. The summed E-state index contributed by atoms with van der Waals surface area (Å²) in [6, 6.07) is 17.9. The summed E-state index contributed by atoms with van der Waals surface area (Å²) in [6.45, 7) is 0.427. The lowest BCUT2D eigenvalue weighted by Gasteiger charge is -2.10. The highest BCUT2D eigenvalue weighted by Gasteiger charge is 2.13. The van der Waals surface area contributed by atoms with Crippen LogP contribution in [0.15, 0.2) is 72.9 Å². The number of carbonyl (C=O) groups excluding carboxylic acids is 1. The molecule has 0 aliphatic heterocycles. The van der Waals surface area contributed by atoms with E-state index in [4.69, 9.17) is 5.73 Å². The van der Waals surface area contributed by atoms with Gasteiger partial charge in [0.2, 0.25) is 5.91 Å². The van der Waals surface area contributed by atoms with Gasteiger partial charge in [-0.1, -0.05) is 41.6 Å². The van der Waals surface area contributed by atoms with Gasteiger partial charge in [-0.3, -0.25) is 19.6 Å². The highest BCUT2D eigenvalue weighted by molar-refractivity contribution is 5.95. The van der Waals surface area contributed by atoms with Crippen molar-refractivity contribution in [2.75, 3.05) is 11.1 Å². The highest BCUT2D eigenvalue weighted by atomic mass is 19.1. The molecule has 0 radical (unpaired) electrons. The van der Waals surface area contributed by atoms with Gasteiger partial charge in [-0.2, -0.15) is 0 Å². The maximum atomic E-state index is 13.2. The van der Waals surface area contributed by atoms with E-state index in [1.54, 1.807) is 59.4 Å². The first kappa shape index (κ1) is 23.6. The predicted molar refractivity (Wildman–Crippen MR) is 130 cm³/mol. The van der Waals surface area contributed by atoms with Crippen LogP contribution in [0.5, 0.6) is 0 Å². The number of rotatable bonds is 9. The number of nitrogens with zero attached hydrogens (tertiary/aromatic N) is 4. The van der Waals surface area contributed by atoms with Crippen molar-refractivity contribution >= 4 is 23.0 Å². The molecule has 1 amide bonds. The molecule has 0 fully saturated rings. The van der Waals surface area contributed by atoms with Gasteiger partial charge < -0.3 is 11.1 Å². The third-order valence-corrected chi connectivity index (χ3v) is 5.50. The molecule has 10 heteroatoms. The van der Waals surface area contributed by atoms with Crippen molar-refractivity contribution in [3.05, 3.63) is 100 Å². The average molecular weight is 474 g/mol. The van der Waals surface area contributed by atoms with Crippen LogP contribution in [-0.4, -0.2) is 25.8 Å². The maximum absolute atomic E-state index is 13.2. The minimum atomic E-state index is -0.400. The number of halogens is 1.